The van der Waals surface area contributed by atoms with Crippen molar-refractivity contribution in [2.45, 2.75) is 17.7 Å². The molecule has 2 aromatic rings. The van der Waals surface area contributed by atoms with Crippen LogP contribution in [0, 0.1) is 5.82 Å². The second-order valence-electron chi connectivity index (χ2n) is 5.26. The lowest BCUT2D eigenvalue weighted by Crippen LogP contribution is -2.40. The van der Waals surface area contributed by atoms with E-state index in [1.54, 1.807) is 25.1 Å². The van der Waals surface area contributed by atoms with Crippen molar-refractivity contribution in [3.63, 3.8) is 0 Å². The first kappa shape index (κ1) is 17.0. The van der Waals surface area contributed by atoms with Crippen molar-refractivity contribution < 1.29 is 17.6 Å². The molecule has 1 atom stereocenters. The average Bonchev–Trinajstić information content (AvgIpc) is 2.48. The first-order valence-electron chi connectivity index (χ1n) is 6.82. The molecule has 9 heteroatoms. The Morgan fingerprint density at radius 1 is 1.17 bits per heavy atom. The molecule has 0 saturated carbocycles. The Hall–Kier alpha value is -1.83. The number of amides is 2. The van der Waals surface area contributed by atoms with Crippen molar-refractivity contribution in [2.24, 2.45) is 0 Å². The molecule has 2 aromatic carbocycles. The van der Waals surface area contributed by atoms with Crippen LogP contribution in [0.2, 0.25) is 10.0 Å². The molecule has 1 heterocycles. The molecule has 1 unspecified atom stereocenters. The summed E-state index contributed by atoms with van der Waals surface area (Å²) in [5.41, 5.74) is 0.444. The van der Waals surface area contributed by atoms with Crippen molar-refractivity contribution in [1.29, 1.82) is 0 Å². The van der Waals surface area contributed by atoms with Crippen molar-refractivity contribution in [3.8, 4) is 0 Å². The molecule has 0 spiro atoms. The van der Waals surface area contributed by atoms with Gasteiger partial charge in [0.05, 0.1) is 15.7 Å². The zero-order valence-corrected chi connectivity index (χ0v) is 14.6. The first-order valence-corrected chi connectivity index (χ1v) is 9.06. The summed E-state index contributed by atoms with van der Waals surface area (Å²) >= 11 is 12.2. The molecule has 0 bridgehead atoms. The Kier molecular flexibility index (Phi) is 4.19. The van der Waals surface area contributed by atoms with Crippen molar-refractivity contribution in [1.82, 2.24) is 4.72 Å². The summed E-state index contributed by atoms with van der Waals surface area (Å²) in [6.45, 7) is 1.65. The third kappa shape index (κ3) is 2.72. The summed E-state index contributed by atoms with van der Waals surface area (Å²) in [5, 5.41) is 2.90. The van der Waals surface area contributed by atoms with E-state index in [0.29, 0.717) is 10.6 Å². The van der Waals surface area contributed by atoms with E-state index in [1.165, 1.54) is 0 Å². The van der Waals surface area contributed by atoms with Crippen LogP contribution in [0.1, 0.15) is 24.0 Å². The highest BCUT2D eigenvalue weighted by Crippen LogP contribution is 2.41. The predicted octanol–water partition coefficient (Wildman–Crippen LogP) is 4.11. The Balaban J connectivity index is 2.26. The number of halogens is 3. The number of fused-ring (bicyclic) bond motifs is 1. The molecule has 24 heavy (non-hydrogen) atoms. The average molecular weight is 389 g/mol. The van der Waals surface area contributed by atoms with E-state index in [2.05, 4.69) is 5.32 Å². The zero-order valence-electron chi connectivity index (χ0n) is 12.2. The first-order chi connectivity index (χ1) is 11.2. The maximum Gasteiger partial charge on any atom is 0.333 e. The highest BCUT2D eigenvalue weighted by molar-refractivity contribution is 7.90. The van der Waals surface area contributed by atoms with E-state index in [4.69, 9.17) is 23.2 Å². The number of hydrogen-bond acceptors (Lipinski definition) is 3. The number of sulfonamides is 1. The minimum atomic E-state index is -4.05. The molecule has 3 rings (SSSR count). The van der Waals surface area contributed by atoms with Crippen molar-refractivity contribution in [2.75, 3.05) is 5.32 Å². The summed E-state index contributed by atoms with van der Waals surface area (Å²) in [7, 11) is -4.05. The smallest absolute Gasteiger partial charge is 0.305 e. The van der Waals surface area contributed by atoms with Gasteiger partial charge in [0.25, 0.3) is 10.0 Å². The van der Waals surface area contributed by atoms with Gasteiger partial charge in [0.2, 0.25) is 0 Å². The number of hydrogen-bond donors (Lipinski definition) is 2. The van der Waals surface area contributed by atoms with Crippen LogP contribution in [-0.2, 0) is 10.0 Å². The van der Waals surface area contributed by atoms with E-state index >= 15 is 0 Å². The molecule has 0 fully saturated rings. The normalized spacial score (nSPS) is 16.8. The summed E-state index contributed by atoms with van der Waals surface area (Å²) < 4.78 is 40.5. The third-order valence-electron chi connectivity index (χ3n) is 3.79. The molecular weight excluding hydrogens is 378 g/mol. The van der Waals surface area contributed by atoms with Gasteiger partial charge in [-0.15, -0.1) is 0 Å². The number of benzene rings is 2. The number of anilines is 1. The second kappa shape index (κ2) is 5.91. The summed E-state index contributed by atoms with van der Waals surface area (Å²) in [5.74, 6) is -1.30. The molecule has 2 N–H and O–H groups in total. The topological polar surface area (TPSA) is 75.3 Å². The highest BCUT2D eigenvalue weighted by Gasteiger charge is 2.33. The van der Waals surface area contributed by atoms with Gasteiger partial charge in [0, 0.05) is 11.5 Å². The van der Waals surface area contributed by atoms with Gasteiger partial charge < -0.3 is 5.32 Å². The molecule has 0 aliphatic carbocycles. The van der Waals surface area contributed by atoms with Gasteiger partial charge in [-0.2, -0.15) is 0 Å². The molecular formula is C15H11Cl2FN2O3S. The monoisotopic (exact) mass is 388 g/mol. The lowest BCUT2D eigenvalue weighted by molar-refractivity contribution is 0.256. The lowest BCUT2D eigenvalue weighted by Gasteiger charge is -2.25. The van der Waals surface area contributed by atoms with Gasteiger partial charge in [-0.1, -0.05) is 42.3 Å². The minimum Gasteiger partial charge on any atom is -0.305 e. The van der Waals surface area contributed by atoms with Crippen molar-refractivity contribution >= 4 is 44.9 Å². The van der Waals surface area contributed by atoms with Crippen LogP contribution in [0.15, 0.2) is 35.2 Å². The number of carbonyl (C=O) groups is 1. The molecule has 0 saturated heterocycles. The van der Waals surface area contributed by atoms with Crippen molar-refractivity contribution in [3.05, 3.63) is 57.3 Å². The molecule has 5 nitrogen and oxygen atoms in total. The van der Waals surface area contributed by atoms with Crippen LogP contribution >= 0.6 is 23.2 Å². The predicted molar refractivity (Wildman–Crippen MR) is 89.7 cm³/mol. The van der Waals surface area contributed by atoms with E-state index in [0.717, 1.165) is 12.1 Å². The fourth-order valence-electron chi connectivity index (χ4n) is 2.68. The summed E-state index contributed by atoms with van der Waals surface area (Å²) in [6.07, 6.45) is 0. The Labute approximate surface area is 147 Å². The van der Waals surface area contributed by atoms with Gasteiger partial charge >= 0.3 is 6.03 Å². The van der Waals surface area contributed by atoms with E-state index in [9.17, 15) is 17.6 Å². The maximum absolute atomic E-state index is 14.5. The van der Waals surface area contributed by atoms with Gasteiger partial charge in [0.1, 0.15) is 10.7 Å². The molecule has 2 amide bonds. The zero-order chi connectivity index (χ0) is 17.6. The van der Waals surface area contributed by atoms with Gasteiger partial charge in [-0.3, -0.25) is 0 Å². The van der Waals surface area contributed by atoms with Crippen LogP contribution in [0.5, 0.6) is 0 Å². The standard InChI is InChI=1S/C15H11Cl2FN2O3S/c1-7(8-3-2-4-9(16)13(8)17)12-10(18)5-6-11-14(12)19-15(21)20-24(11,22)23/h2-7H,1H3,(H2,19,20,21). The van der Waals surface area contributed by atoms with Crippen LogP contribution in [0.3, 0.4) is 0 Å². The Bertz CT molecular complexity index is 963. The summed E-state index contributed by atoms with van der Waals surface area (Å²) in [4.78, 5) is 11.4. The highest BCUT2D eigenvalue weighted by atomic mass is 35.5. The van der Waals surface area contributed by atoms with Crippen LogP contribution in [-0.4, -0.2) is 14.4 Å². The van der Waals surface area contributed by atoms with Crippen LogP contribution < -0.4 is 10.0 Å². The number of urea groups is 1. The SMILES string of the molecule is CC(c1cccc(Cl)c1Cl)c1c(F)ccc2c1NC(=O)NS2(=O)=O. The molecule has 1 aliphatic heterocycles. The van der Waals surface area contributed by atoms with E-state index in [1.807, 2.05) is 4.72 Å². The minimum absolute atomic E-state index is 0.0232. The van der Waals surface area contributed by atoms with Gasteiger partial charge in [-0.05, 0) is 23.8 Å². The van der Waals surface area contributed by atoms with E-state index < -0.39 is 27.8 Å². The third-order valence-corrected chi connectivity index (χ3v) is 6.00. The number of nitrogens with one attached hydrogen (secondary N) is 2. The largest absolute Gasteiger partial charge is 0.333 e. The molecule has 126 valence electrons. The van der Waals surface area contributed by atoms with Gasteiger partial charge in [0.15, 0.2) is 0 Å². The Morgan fingerprint density at radius 3 is 2.58 bits per heavy atom. The molecule has 1 aliphatic rings. The fraction of sp³-hybridized carbons (Fsp3) is 0.133. The van der Waals surface area contributed by atoms with Gasteiger partial charge in [-0.25, -0.2) is 22.3 Å². The van der Waals surface area contributed by atoms with Crippen LogP contribution in [0.25, 0.3) is 0 Å². The molecule has 0 aromatic heterocycles. The second-order valence-corrected chi connectivity index (χ2v) is 7.69. The fourth-order valence-corrected chi connectivity index (χ4v) is 4.23. The van der Waals surface area contributed by atoms with Crippen LogP contribution in [0.4, 0.5) is 14.9 Å². The molecule has 0 radical (unpaired) electrons. The number of rotatable bonds is 2. The Morgan fingerprint density at radius 2 is 1.88 bits per heavy atom. The maximum atomic E-state index is 14.5. The number of carbonyl (C=O) groups excluding carboxylic acids is 1. The lowest BCUT2D eigenvalue weighted by atomic mass is 9.91. The summed E-state index contributed by atoms with van der Waals surface area (Å²) in [6, 6.07) is 6.10. The quantitative estimate of drug-likeness (QED) is 0.812. The van der Waals surface area contributed by atoms with E-state index in [-0.39, 0.29) is 21.2 Å².